The molecule has 0 heterocycles. The fourth-order valence-electron chi connectivity index (χ4n) is 1.72. The maximum absolute atomic E-state index is 13.2. The Morgan fingerprint density at radius 3 is 2.55 bits per heavy atom. The van der Waals surface area contributed by atoms with Gasteiger partial charge >= 0.3 is 0 Å². The van der Waals surface area contributed by atoms with Gasteiger partial charge in [-0.1, -0.05) is 0 Å². The lowest BCUT2D eigenvalue weighted by Crippen LogP contribution is -2.00. The summed E-state index contributed by atoms with van der Waals surface area (Å²) in [6.07, 6.45) is 0. The summed E-state index contributed by atoms with van der Waals surface area (Å²) < 4.78 is 18.1. The Morgan fingerprint density at radius 1 is 1.10 bits per heavy atom. The number of phenolic OH excluding ortho intramolecular Hbond substituents is 3. The summed E-state index contributed by atoms with van der Waals surface area (Å²) in [4.78, 5) is 0. The number of anilines is 1. The summed E-state index contributed by atoms with van der Waals surface area (Å²) in [5, 5.41) is 31.2. The van der Waals surface area contributed by atoms with Gasteiger partial charge in [0, 0.05) is 23.9 Å². The van der Waals surface area contributed by atoms with Crippen LogP contribution in [0.4, 0.5) is 10.1 Å². The Morgan fingerprint density at radius 2 is 1.85 bits per heavy atom. The molecule has 0 saturated heterocycles. The lowest BCUT2D eigenvalue weighted by atomic mass is 10.1. The number of ether oxygens (including phenoxy) is 1. The van der Waals surface area contributed by atoms with Crippen LogP contribution >= 0.6 is 0 Å². The second kappa shape index (κ2) is 5.56. The van der Waals surface area contributed by atoms with E-state index in [1.165, 1.54) is 37.4 Å². The number of aromatic hydroxyl groups is 3. The molecular weight excluding hydrogens is 265 g/mol. The van der Waals surface area contributed by atoms with Crippen molar-refractivity contribution in [1.29, 1.82) is 0 Å². The van der Waals surface area contributed by atoms with Crippen molar-refractivity contribution in [3.05, 3.63) is 41.7 Å². The summed E-state index contributed by atoms with van der Waals surface area (Å²) in [5.41, 5.74) is 0.985. The molecule has 4 N–H and O–H groups in total. The Bertz CT molecular complexity index is 631. The zero-order valence-corrected chi connectivity index (χ0v) is 10.7. The number of phenols is 3. The summed E-state index contributed by atoms with van der Waals surface area (Å²) in [7, 11) is 1.37. The first-order chi connectivity index (χ1) is 9.52. The van der Waals surface area contributed by atoms with Crippen LogP contribution in [0.5, 0.6) is 23.0 Å². The molecule has 2 aromatic rings. The van der Waals surface area contributed by atoms with E-state index in [4.69, 9.17) is 4.74 Å². The number of nitrogens with one attached hydrogen (secondary N) is 1. The van der Waals surface area contributed by atoms with Crippen molar-refractivity contribution in [2.75, 3.05) is 12.4 Å². The molecule has 0 fully saturated rings. The van der Waals surface area contributed by atoms with Crippen molar-refractivity contribution in [2.45, 2.75) is 6.54 Å². The van der Waals surface area contributed by atoms with Crippen molar-refractivity contribution < 1.29 is 24.4 Å². The number of hydrogen-bond acceptors (Lipinski definition) is 5. The number of methoxy groups -OCH3 is 1. The van der Waals surface area contributed by atoms with Gasteiger partial charge in [0.2, 0.25) is 5.75 Å². The van der Waals surface area contributed by atoms with Gasteiger partial charge in [-0.15, -0.1) is 0 Å². The van der Waals surface area contributed by atoms with Crippen molar-refractivity contribution >= 4 is 5.69 Å². The Labute approximate surface area is 114 Å². The van der Waals surface area contributed by atoms with E-state index in [9.17, 15) is 19.7 Å². The first-order valence-corrected chi connectivity index (χ1v) is 5.83. The van der Waals surface area contributed by atoms with Crippen molar-refractivity contribution in [1.82, 2.24) is 0 Å². The molecule has 0 bridgehead atoms. The minimum Gasteiger partial charge on any atom is -0.504 e. The van der Waals surface area contributed by atoms with E-state index in [1.807, 2.05) is 0 Å². The van der Waals surface area contributed by atoms with Gasteiger partial charge in [-0.2, -0.15) is 0 Å². The molecule has 0 atom stereocenters. The summed E-state index contributed by atoms with van der Waals surface area (Å²) in [6, 6.07) is 7.01. The number of hydrogen-bond donors (Lipinski definition) is 4. The van der Waals surface area contributed by atoms with Crippen molar-refractivity contribution in [3.8, 4) is 23.0 Å². The number of halogens is 1. The summed E-state index contributed by atoms with van der Waals surface area (Å²) in [5.74, 6) is -1.72. The van der Waals surface area contributed by atoms with Crippen LogP contribution in [0.2, 0.25) is 0 Å². The predicted octanol–water partition coefficient (Wildman–Crippen LogP) is 2.56. The van der Waals surface area contributed by atoms with Crippen LogP contribution in [0, 0.1) is 5.82 Å². The molecule has 0 radical (unpaired) electrons. The van der Waals surface area contributed by atoms with Crippen molar-refractivity contribution in [3.63, 3.8) is 0 Å². The maximum Gasteiger partial charge on any atom is 0.200 e. The van der Waals surface area contributed by atoms with E-state index in [2.05, 4.69) is 5.32 Å². The third-order valence-corrected chi connectivity index (χ3v) is 2.85. The molecule has 0 amide bonds. The van der Waals surface area contributed by atoms with E-state index in [1.54, 1.807) is 0 Å². The molecular formula is C14H14FNO4. The fraction of sp³-hybridized carbons (Fsp3) is 0.143. The monoisotopic (exact) mass is 279 g/mol. The quantitative estimate of drug-likeness (QED) is 0.647. The highest BCUT2D eigenvalue weighted by Crippen LogP contribution is 2.37. The largest absolute Gasteiger partial charge is 0.504 e. The fourth-order valence-corrected chi connectivity index (χ4v) is 1.72. The van der Waals surface area contributed by atoms with Gasteiger partial charge in [0.05, 0.1) is 7.11 Å². The molecule has 0 aliphatic carbocycles. The maximum atomic E-state index is 13.2. The topological polar surface area (TPSA) is 82.0 Å². The van der Waals surface area contributed by atoms with Crippen molar-refractivity contribution in [2.24, 2.45) is 0 Å². The molecule has 0 aliphatic heterocycles. The predicted molar refractivity (Wildman–Crippen MR) is 71.7 cm³/mol. The van der Waals surface area contributed by atoms with Gasteiger partial charge in [-0.25, -0.2) is 4.39 Å². The first-order valence-electron chi connectivity index (χ1n) is 5.83. The van der Waals surface area contributed by atoms with E-state index in [-0.39, 0.29) is 12.3 Å². The zero-order valence-electron chi connectivity index (χ0n) is 10.7. The minimum atomic E-state index is -0.569. The lowest BCUT2D eigenvalue weighted by molar-refractivity contribution is 0.365. The smallest absolute Gasteiger partial charge is 0.200 e. The molecule has 106 valence electrons. The Hall–Kier alpha value is -2.63. The third kappa shape index (κ3) is 2.69. The standard InChI is InChI=1S/C14H14FNO4/c1-20-12-6-9(3-4-10(12)15)16-7-8-2-5-11(17)14(19)13(8)18/h2-6,16-19H,7H2,1H3. The average molecular weight is 279 g/mol. The van der Waals surface area contributed by atoms with Crippen LogP contribution in [0.15, 0.2) is 30.3 Å². The van der Waals surface area contributed by atoms with Crippen LogP contribution < -0.4 is 10.1 Å². The highest BCUT2D eigenvalue weighted by atomic mass is 19.1. The zero-order chi connectivity index (χ0) is 14.7. The summed E-state index contributed by atoms with van der Waals surface area (Å²) >= 11 is 0. The molecule has 0 saturated carbocycles. The summed E-state index contributed by atoms with van der Waals surface area (Å²) in [6.45, 7) is 0.189. The Balaban J connectivity index is 2.15. The normalized spacial score (nSPS) is 10.3. The molecule has 0 aliphatic rings. The minimum absolute atomic E-state index is 0.104. The van der Waals surface area contributed by atoms with E-state index in [0.29, 0.717) is 11.3 Å². The highest BCUT2D eigenvalue weighted by Gasteiger charge is 2.11. The number of rotatable bonds is 4. The Kier molecular flexibility index (Phi) is 3.84. The van der Waals surface area contributed by atoms with Crippen LogP contribution in [0.25, 0.3) is 0 Å². The van der Waals surface area contributed by atoms with Gasteiger partial charge in [0.15, 0.2) is 23.1 Å². The first kappa shape index (κ1) is 13.8. The molecule has 0 spiro atoms. The van der Waals surface area contributed by atoms with E-state index >= 15 is 0 Å². The highest BCUT2D eigenvalue weighted by molar-refractivity contribution is 5.55. The lowest BCUT2D eigenvalue weighted by Gasteiger charge is -2.11. The van der Waals surface area contributed by atoms with Gasteiger partial charge < -0.3 is 25.4 Å². The molecule has 6 heteroatoms. The van der Waals surface area contributed by atoms with Crippen LogP contribution in [-0.4, -0.2) is 22.4 Å². The van der Waals surface area contributed by atoms with Gasteiger partial charge in [-0.05, 0) is 24.3 Å². The van der Waals surface area contributed by atoms with Crippen LogP contribution in [-0.2, 0) is 6.54 Å². The molecule has 5 nitrogen and oxygen atoms in total. The second-order valence-electron chi connectivity index (χ2n) is 4.14. The molecule has 20 heavy (non-hydrogen) atoms. The molecule has 2 aromatic carbocycles. The number of benzene rings is 2. The third-order valence-electron chi connectivity index (χ3n) is 2.85. The van der Waals surface area contributed by atoms with Gasteiger partial charge in [0.1, 0.15) is 0 Å². The van der Waals surface area contributed by atoms with Crippen LogP contribution in [0.3, 0.4) is 0 Å². The molecule has 0 unspecified atom stereocenters. The van der Waals surface area contributed by atoms with Crippen LogP contribution in [0.1, 0.15) is 5.56 Å². The SMILES string of the molecule is COc1cc(NCc2ccc(O)c(O)c2O)ccc1F. The van der Waals surface area contributed by atoms with E-state index < -0.39 is 23.1 Å². The van der Waals surface area contributed by atoms with Gasteiger partial charge in [-0.3, -0.25) is 0 Å². The van der Waals surface area contributed by atoms with Gasteiger partial charge in [0.25, 0.3) is 0 Å². The average Bonchev–Trinajstić information content (AvgIpc) is 2.45. The van der Waals surface area contributed by atoms with E-state index in [0.717, 1.165) is 0 Å². The molecule has 0 aromatic heterocycles. The molecule has 2 rings (SSSR count). The second-order valence-corrected chi connectivity index (χ2v) is 4.14.